The summed E-state index contributed by atoms with van der Waals surface area (Å²) in [4.78, 5) is 27.1. The highest BCUT2D eigenvalue weighted by atomic mass is 16.5. The number of methoxy groups -OCH3 is 1. The average Bonchev–Trinajstić information content (AvgIpc) is 3.09. The summed E-state index contributed by atoms with van der Waals surface area (Å²) in [5.74, 6) is 1.78. The summed E-state index contributed by atoms with van der Waals surface area (Å²) in [6.45, 7) is 1.99. The lowest BCUT2D eigenvalue weighted by Gasteiger charge is -2.43. The lowest BCUT2D eigenvalue weighted by atomic mass is 10.0. The molecule has 1 aliphatic heterocycles. The number of amides is 2. The fraction of sp³-hybridized carbons (Fsp3) is 0.370. The molecule has 2 heterocycles. The van der Waals surface area contributed by atoms with E-state index in [1.54, 1.807) is 23.1 Å². The second-order valence-electron chi connectivity index (χ2n) is 9.19. The van der Waals surface area contributed by atoms with Crippen LogP contribution in [-0.2, 0) is 0 Å². The Morgan fingerprint density at radius 3 is 2.51 bits per heavy atom. The minimum Gasteiger partial charge on any atom is -0.497 e. The number of rotatable bonds is 5. The summed E-state index contributed by atoms with van der Waals surface area (Å²) in [6, 6.07) is 16.7. The van der Waals surface area contributed by atoms with Gasteiger partial charge in [-0.3, -0.25) is 9.80 Å². The number of fused-ring (bicyclic) bond motifs is 1. The summed E-state index contributed by atoms with van der Waals surface area (Å²) >= 11 is 0. The molecule has 3 atom stereocenters. The Bertz CT molecular complexity index is 1170. The van der Waals surface area contributed by atoms with Gasteiger partial charge in [0.2, 0.25) is 5.95 Å². The van der Waals surface area contributed by atoms with Crippen LogP contribution in [0.4, 0.5) is 27.9 Å². The number of hydrogen-bond donors (Lipinski definition) is 2. The molecule has 1 aliphatic carbocycles. The van der Waals surface area contributed by atoms with Crippen molar-refractivity contribution in [2.75, 3.05) is 22.2 Å². The van der Waals surface area contributed by atoms with Gasteiger partial charge in [-0.15, -0.1) is 0 Å². The Kier molecular flexibility index (Phi) is 6.55. The van der Waals surface area contributed by atoms with Crippen LogP contribution in [0.25, 0.3) is 0 Å². The van der Waals surface area contributed by atoms with Crippen molar-refractivity contribution in [2.24, 2.45) is 0 Å². The van der Waals surface area contributed by atoms with Crippen LogP contribution < -0.4 is 19.9 Å². The zero-order valence-electron chi connectivity index (χ0n) is 20.1. The molecule has 3 aromatic rings. The standard InChI is InChI=1S/C27H31N5O3/c1-18-24-17-28-26(29-19-8-4-3-5-9-19)30-25(24)32(21-10-6-7-11-22(33)16-21)27(34)31(18)20-12-14-23(35-2)15-13-20/h3-5,8-9,12-15,17-18,21-22,33H,6-7,10-11,16H2,1-2H3,(H,28,29,30)/t18-,21-,22-/m0/s1. The summed E-state index contributed by atoms with van der Waals surface area (Å²) in [5, 5.41) is 13.8. The fourth-order valence-corrected chi connectivity index (χ4v) is 5.04. The van der Waals surface area contributed by atoms with Gasteiger partial charge in [-0.1, -0.05) is 31.0 Å². The maximum absolute atomic E-state index is 14.1. The van der Waals surface area contributed by atoms with Gasteiger partial charge in [0.1, 0.15) is 11.6 Å². The minimum absolute atomic E-state index is 0.140. The number of nitrogens with one attached hydrogen (secondary N) is 1. The van der Waals surface area contributed by atoms with Crippen molar-refractivity contribution in [2.45, 2.75) is 57.2 Å². The van der Waals surface area contributed by atoms with E-state index in [1.165, 1.54) is 0 Å². The van der Waals surface area contributed by atoms with Crippen molar-refractivity contribution in [3.8, 4) is 5.75 Å². The van der Waals surface area contributed by atoms with E-state index in [4.69, 9.17) is 9.72 Å². The first-order chi connectivity index (χ1) is 17.0. The van der Waals surface area contributed by atoms with Crippen molar-refractivity contribution < 1.29 is 14.6 Å². The smallest absolute Gasteiger partial charge is 0.330 e. The van der Waals surface area contributed by atoms with Crippen molar-refractivity contribution in [3.63, 3.8) is 0 Å². The normalized spacial score (nSPS) is 22.4. The molecule has 182 valence electrons. The summed E-state index contributed by atoms with van der Waals surface area (Å²) in [7, 11) is 1.62. The molecule has 2 aromatic carbocycles. The lowest BCUT2D eigenvalue weighted by molar-refractivity contribution is 0.151. The highest BCUT2D eigenvalue weighted by Gasteiger charge is 2.42. The van der Waals surface area contributed by atoms with Crippen LogP contribution in [0.3, 0.4) is 0 Å². The second kappa shape index (κ2) is 9.92. The molecule has 2 amide bonds. The number of ether oxygens (including phenoxy) is 1. The van der Waals surface area contributed by atoms with Crippen LogP contribution in [-0.4, -0.2) is 40.4 Å². The highest BCUT2D eigenvalue weighted by molar-refractivity contribution is 6.06. The third-order valence-electron chi connectivity index (χ3n) is 6.89. The molecular weight excluding hydrogens is 442 g/mol. The van der Waals surface area contributed by atoms with E-state index in [1.807, 2.05) is 61.5 Å². The monoisotopic (exact) mass is 473 g/mol. The van der Waals surface area contributed by atoms with E-state index in [0.717, 1.165) is 48.4 Å². The Labute approximate surface area is 205 Å². The van der Waals surface area contributed by atoms with Crippen molar-refractivity contribution >= 4 is 29.2 Å². The number of carbonyl (C=O) groups is 1. The fourth-order valence-electron chi connectivity index (χ4n) is 5.04. The van der Waals surface area contributed by atoms with E-state index < -0.39 is 6.10 Å². The van der Waals surface area contributed by atoms with Crippen LogP contribution in [0, 0.1) is 0 Å². The first-order valence-electron chi connectivity index (χ1n) is 12.2. The maximum Gasteiger partial charge on any atom is 0.330 e. The van der Waals surface area contributed by atoms with Gasteiger partial charge in [0.05, 0.1) is 19.3 Å². The van der Waals surface area contributed by atoms with Crippen molar-refractivity contribution in [3.05, 3.63) is 66.4 Å². The molecular formula is C27H31N5O3. The number of para-hydroxylation sites is 1. The quantitative estimate of drug-likeness (QED) is 0.480. The van der Waals surface area contributed by atoms with Crippen LogP contribution in [0.2, 0.25) is 0 Å². The second-order valence-corrected chi connectivity index (χ2v) is 9.19. The van der Waals surface area contributed by atoms with Crippen molar-refractivity contribution in [1.29, 1.82) is 0 Å². The molecule has 1 fully saturated rings. The molecule has 0 unspecified atom stereocenters. The molecule has 8 nitrogen and oxygen atoms in total. The minimum atomic E-state index is -0.434. The first kappa shape index (κ1) is 23.1. The summed E-state index contributed by atoms with van der Waals surface area (Å²) in [6.07, 6.45) is 5.39. The number of carbonyl (C=O) groups excluding carboxylic acids is 1. The number of aromatic nitrogens is 2. The van der Waals surface area contributed by atoms with Gasteiger partial charge in [-0.05, 0) is 62.6 Å². The first-order valence-corrected chi connectivity index (χ1v) is 12.2. The van der Waals surface area contributed by atoms with Crippen LogP contribution in [0.1, 0.15) is 50.6 Å². The zero-order valence-corrected chi connectivity index (χ0v) is 20.1. The van der Waals surface area contributed by atoms with Gasteiger partial charge >= 0.3 is 6.03 Å². The van der Waals surface area contributed by atoms with Crippen LogP contribution in [0.15, 0.2) is 60.8 Å². The van der Waals surface area contributed by atoms with E-state index in [-0.39, 0.29) is 18.1 Å². The van der Waals surface area contributed by atoms with E-state index in [9.17, 15) is 9.90 Å². The number of urea groups is 1. The Hall–Kier alpha value is -3.65. The largest absolute Gasteiger partial charge is 0.497 e. The lowest BCUT2D eigenvalue weighted by Crippen LogP contribution is -2.54. The summed E-state index contributed by atoms with van der Waals surface area (Å²) in [5.41, 5.74) is 2.52. The molecule has 0 spiro atoms. The number of nitrogens with zero attached hydrogens (tertiary/aromatic N) is 4. The van der Waals surface area contributed by atoms with Crippen LogP contribution >= 0.6 is 0 Å². The third-order valence-corrected chi connectivity index (χ3v) is 6.89. The number of anilines is 4. The molecule has 35 heavy (non-hydrogen) atoms. The number of hydrogen-bond acceptors (Lipinski definition) is 6. The highest BCUT2D eigenvalue weighted by Crippen LogP contribution is 2.41. The molecule has 0 radical (unpaired) electrons. The Balaban J connectivity index is 1.57. The topological polar surface area (TPSA) is 90.8 Å². The number of aliphatic hydroxyl groups is 1. The van der Waals surface area contributed by atoms with Gasteiger partial charge in [0.25, 0.3) is 0 Å². The summed E-state index contributed by atoms with van der Waals surface area (Å²) < 4.78 is 5.30. The van der Waals surface area contributed by atoms with Gasteiger partial charge in [0, 0.05) is 29.2 Å². The number of aliphatic hydroxyl groups excluding tert-OH is 1. The zero-order chi connectivity index (χ0) is 24.4. The van der Waals surface area contributed by atoms with E-state index in [0.29, 0.717) is 18.2 Å². The van der Waals surface area contributed by atoms with Gasteiger partial charge in [-0.2, -0.15) is 4.98 Å². The SMILES string of the molecule is COc1ccc(N2C(=O)N([C@H]3CCCC[C@H](O)C3)c3nc(Nc4ccccc4)ncc3[C@@H]2C)cc1. The van der Waals surface area contributed by atoms with E-state index in [2.05, 4.69) is 10.3 Å². The maximum atomic E-state index is 14.1. The van der Waals surface area contributed by atoms with Gasteiger partial charge in [-0.25, -0.2) is 9.78 Å². The van der Waals surface area contributed by atoms with Crippen molar-refractivity contribution in [1.82, 2.24) is 9.97 Å². The predicted molar refractivity (Wildman–Crippen MR) is 136 cm³/mol. The average molecular weight is 474 g/mol. The third kappa shape index (κ3) is 4.66. The molecule has 5 rings (SSSR count). The van der Waals surface area contributed by atoms with Crippen LogP contribution in [0.5, 0.6) is 5.75 Å². The molecule has 8 heteroatoms. The Morgan fingerprint density at radius 1 is 1.03 bits per heavy atom. The molecule has 0 saturated heterocycles. The molecule has 2 aliphatic rings. The molecule has 1 saturated carbocycles. The molecule has 0 bridgehead atoms. The van der Waals surface area contributed by atoms with Gasteiger partial charge in [0.15, 0.2) is 0 Å². The van der Waals surface area contributed by atoms with E-state index >= 15 is 0 Å². The molecule has 1 aromatic heterocycles. The molecule has 2 N–H and O–H groups in total. The predicted octanol–water partition coefficient (Wildman–Crippen LogP) is 5.43. The Morgan fingerprint density at radius 2 is 1.77 bits per heavy atom. The number of benzene rings is 2. The van der Waals surface area contributed by atoms with Gasteiger partial charge < -0.3 is 15.2 Å².